The molecular weight excluding hydrogens is 402 g/mol. The normalized spacial score (nSPS) is 11.7. The highest BCUT2D eigenvalue weighted by atomic mass is 16.5. The summed E-state index contributed by atoms with van der Waals surface area (Å²) in [5.41, 5.74) is 1.99. The fourth-order valence-electron chi connectivity index (χ4n) is 3.71. The van der Waals surface area contributed by atoms with Crippen LogP contribution < -0.4 is 4.74 Å². The van der Waals surface area contributed by atoms with Crippen LogP contribution in [0.25, 0.3) is 32.6 Å². The van der Waals surface area contributed by atoms with E-state index < -0.39 is 0 Å². The van der Waals surface area contributed by atoms with Crippen LogP contribution in [0.3, 0.4) is 0 Å². The van der Waals surface area contributed by atoms with Crippen molar-refractivity contribution in [1.82, 2.24) is 14.8 Å². The minimum absolute atomic E-state index is 0.314. The lowest BCUT2D eigenvalue weighted by Gasteiger charge is -2.17. The summed E-state index contributed by atoms with van der Waals surface area (Å²) >= 11 is 0. The van der Waals surface area contributed by atoms with Crippen LogP contribution in [0.1, 0.15) is 10.4 Å². The molecule has 1 aromatic heterocycles. The van der Waals surface area contributed by atoms with E-state index in [0.717, 1.165) is 33.7 Å². The number of hydrogen-bond donors (Lipinski definition) is 0. The van der Waals surface area contributed by atoms with Crippen LogP contribution in [-0.2, 0) is 4.74 Å². The van der Waals surface area contributed by atoms with Gasteiger partial charge in [0, 0.05) is 18.5 Å². The smallest absolute Gasteiger partial charge is 0.339 e. The summed E-state index contributed by atoms with van der Waals surface area (Å²) in [7, 11) is 7.90. The molecule has 0 atom stereocenters. The molecule has 0 unspecified atom stereocenters. The Kier molecular flexibility index (Phi) is 6.53. The average molecular weight is 432 g/mol. The number of likely N-dealkylation sites (N-methyl/N-ethyl adjacent to an activating group) is 2. The second-order valence-electron chi connectivity index (χ2n) is 8.44. The van der Waals surface area contributed by atoms with E-state index in [9.17, 15) is 4.79 Å². The van der Waals surface area contributed by atoms with Crippen LogP contribution in [0.5, 0.6) is 5.75 Å². The van der Waals surface area contributed by atoms with Gasteiger partial charge in [-0.2, -0.15) is 0 Å². The first-order valence-corrected chi connectivity index (χ1v) is 10.8. The molecule has 3 aromatic carbocycles. The zero-order valence-corrected chi connectivity index (χ0v) is 19.1. The van der Waals surface area contributed by atoms with Gasteiger partial charge in [-0.1, -0.05) is 30.3 Å². The number of rotatable bonds is 8. The molecule has 0 N–H and O–H groups in total. The molecule has 0 spiro atoms. The lowest BCUT2D eigenvalue weighted by molar-refractivity contribution is 0.0486. The minimum Gasteiger partial charge on any atom is -0.492 e. The molecule has 1 heterocycles. The second-order valence-corrected chi connectivity index (χ2v) is 8.44. The van der Waals surface area contributed by atoms with Crippen molar-refractivity contribution in [3.05, 3.63) is 60.2 Å². The first-order chi connectivity index (χ1) is 15.4. The maximum absolute atomic E-state index is 13.4. The highest BCUT2D eigenvalue weighted by Gasteiger charge is 2.21. The number of nitrogens with zero attached hydrogens (tertiary/aromatic N) is 3. The third-order valence-electron chi connectivity index (χ3n) is 5.40. The first-order valence-electron chi connectivity index (χ1n) is 10.8. The Morgan fingerprint density at radius 3 is 2.25 bits per heavy atom. The van der Waals surface area contributed by atoms with Crippen LogP contribution in [0.15, 0.2) is 54.6 Å². The van der Waals surface area contributed by atoms with Crippen molar-refractivity contribution in [2.45, 2.75) is 0 Å². The largest absolute Gasteiger partial charge is 0.492 e. The molecule has 32 heavy (non-hydrogen) atoms. The zero-order chi connectivity index (χ0) is 22.7. The topological polar surface area (TPSA) is 54.9 Å². The van der Waals surface area contributed by atoms with Gasteiger partial charge in [-0.05, 0) is 63.2 Å². The number of fused-ring (bicyclic) bond motifs is 3. The Hall–Kier alpha value is -3.22. The van der Waals surface area contributed by atoms with Gasteiger partial charge in [0.05, 0.1) is 22.0 Å². The van der Waals surface area contributed by atoms with E-state index in [2.05, 4.69) is 11.0 Å². The van der Waals surface area contributed by atoms with E-state index in [0.29, 0.717) is 36.5 Å². The van der Waals surface area contributed by atoms with Crippen LogP contribution in [0, 0.1) is 0 Å². The molecule has 4 aromatic rings. The van der Waals surface area contributed by atoms with Crippen LogP contribution >= 0.6 is 0 Å². The molecule has 0 aliphatic carbocycles. The molecule has 0 saturated heterocycles. The summed E-state index contributed by atoms with van der Waals surface area (Å²) < 4.78 is 11.8. The van der Waals surface area contributed by atoms with Gasteiger partial charge in [0.2, 0.25) is 0 Å². The fraction of sp³-hybridized carbons (Fsp3) is 0.308. The van der Waals surface area contributed by atoms with Crippen molar-refractivity contribution in [2.75, 3.05) is 54.5 Å². The van der Waals surface area contributed by atoms with E-state index in [-0.39, 0.29) is 5.97 Å². The van der Waals surface area contributed by atoms with Gasteiger partial charge in [-0.15, -0.1) is 0 Å². The van der Waals surface area contributed by atoms with Gasteiger partial charge >= 0.3 is 5.97 Å². The maximum Gasteiger partial charge on any atom is 0.339 e. The molecule has 0 radical (unpaired) electrons. The van der Waals surface area contributed by atoms with E-state index in [4.69, 9.17) is 14.5 Å². The first kappa shape index (κ1) is 22.0. The standard InChI is InChI=1S/C26H29N3O3/c1-28(2)12-14-31-23-11-7-10-21-25(23)24(26(30)32-15-13-29(3)4)20-16-18-8-5-6-9-19(18)17-22(20)27-21/h5-11,16-17H,12-15H2,1-4H3. The molecule has 6 nitrogen and oxygen atoms in total. The van der Waals surface area contributed by atoms with Gasteiger partial charge in [0.15, 0.2) is 0 Å². The van der Waals surface area contributed by atoms with Crippen molar-refractivity contribution in [1.29, 1.82) is 0 Å². The molecule has 0 fully saturated rings. The number of ether oxygens (including phenoxy) is 2. The zero-order valence-electron chi connectivity index (χ0n) is 19.1. The van der Waals surface area contributed by atoms with E-state index >= 15 is 0 Å². The van der Waals surface area contributed by atoms with Gasteiger partial charge in [0.1, 0.15) is 19.0 Å². The maximum atomic E-state index is 13.4. The number of esters is 1. The number of benzene rings is 3. The summed E-state index contributed by atoms with van der Waals surface area (Å²) in [6, 6.07) is 17.9. The van der Waals surface area contributed by atoms with Crippen LogP contribution in [0.2, 0.25) is 0 Å². The van der Waals surface area contributed by atoms with Crippen molar-refractivity contribution < 1.29 is 14.3 Å². The van der Waals surface area contributed by atoms with Crippen LogP contribution in [0.4, 0.5) is 0 Å². The molecule has 0 aliphatic rings. The highest BCUT2D eigenvalue weighted by Crippen LogP contribution is 2.35. The summed E-state index contributed by atoms with van der Waals surface area (Å²) in [6.07, 6.45) is 0. The molecule has 0 saturated carbocycles. The molecule has 0 bridgehead atoms. The third-order valence-corrected chi connectivity index (χ3v) is 5.40. The summed E-state index contributed by atoms with van der Waals surface area (Å²) in [5, 5.41) is 3.60. The number of pyridine rings is 1. The highest BCUT2D eigenvalue weighted by molar-refractivity contribution is 6.18. The molecule has 0 amide bonds. The molecular formula is C26H29N3O3. The van der Waals surface area contributed by atoms with Gasteiger partial charge in [0.25, 0.3) is 0 Å². The van der Waals surface area contributed by atoms with E-state index in [1.807, 2.05) is 81.6 Å². The SMILES string of the molecule is CN(C)CCOC(=O)c1c2cc3ccccc3cc2nc2cccc(OCCN(C)C)c12. The Morgan fingerprint density at radius 2 is 1.53 bits per heavy atom. The van der Waals surface area contributed by atoms with E-state index in [1.165, 1.54) is 0 Å². The summed E-state index contributed by atoms with van der Waals surface area (Å²) in [5.74, 6) is 0.287. The molecule has 0 aliphatic heterocycles. The predicted octanol–water partition coefficient (Wildman–Crippen LogP) is 4.20. The minimum atomic E-state index is -0.358. The Labute approximate surface area is 188 Å². The predicted molar refractivity (Wildman–Crippen MR) is 130 cm³/mol. The van der Waals surface area contributed by atoms with E-state index in [1.54, 1.807) is 0 Å². The quantitative estimate of drug-likeness (QED) is 0.308. The van der Waals surface area contributed by atoms with Crippen molar-refractivity contribution in [3.8, 4) is 5.75 Å². The van der Waals surface area contributed by atoms with Crippen molar-refractivity contribution in [2.24, 2.45) is 0 Å². The number of carbonyl (C=O) groups is 1. The van der Waals surface area contributed by atoms with Crippen molar-refractivity contribution in [3.63, 3.8) is 0 Å². The Balaban J connectivity index is 1.90. The summed E-state index contributed by atoms with van der Waals surface area (Å²) in [6.45, 7) is 2.25. The number of carbonyl (C=O) groups excluding carboxylic acids is 1. The molecule has 6 heteroatoms. The van der Waals surface area contributed by atoms with Crippen molar-refractivity contribution >= 4 is 38.5 Å². The van der Waals surface area contributed by atoms with Gasteiger partial charge in [-0.3, -0.25) is 0 Å². The molecule has 4 rings (SSSR count). The Bertz CT molecular complexity index is 1270. The lowest BCUT2D eigenvalue weighted by Crippen LogP contribution is -2.21. The number of aromatic nitrogens is 1. The Morgan fingerprint density at radius 1 is 0.844 bits per heavy atom. The fourth-order valence-corrected chi connectivity index (χ4v) is 3.71. The molecule has 166 valence electrons. The monoisotopic (exact) mass is 431 g/mol. The van der Waals surface area contributed by atoms with Gasteiger partial charge < -0.3 is 19.3 Å². The lowest BCUT2D eigenvalue weighted by atomic mass is 9.99. The second kappa shape index (κ2) is 9.51. The number of hydrogen-bond acceptors (Lipinski definition) is 6. The third kappa shape index (κ3) is 4.66. The van der Waals surface area contributed by atoms with Gasteiger partial charge in [-0.25, -0.2) is 9.78 Å². The average Bonchev–Trinajstić information content (AvgIpc) is 2.75. The van der Waals surface area contributed by atoms with Crippen LogP contribution in [-0.4, -0.2) is 75.2 Å². The summed E-state index contributed by atoms with van der Waals surface area (Å²) in [4.78, 5) is 22.3.